The van der Waals surface area contributed by atoms with E-state index in [0.717, 1.165) is 18.5 Å². The maximum atomic E-state index is 14.0. The standard InChI is InChI=1S/C24H24FN5O2/c25-19-7-2-1-5-17(19)14-29-12-9-20-18(15-29)23(31)28-22(27-20)21-8-4-11-30(21)24(32)16-6-3-10-26-13-16/h1-3,5-7,10,13,21H,4,8-9,11-12,14-15H2,(H,27,28,31). The Bertz CT molecular complexity index is 1200. The highest BCUT2D eigenvalue weighted by Gasteiger charge is 2.33. The number of pyridine rings is 1. The molecular weight excluding hydrogens is 409 g/mol. The zero-order valence-corrected chi connectivity index (χ0v) is 17.6. The topological polar surface area (TPSA) is 82.2 Å². The van der Waals surface area contributed by atoms with Crippen LogP contribution in [0, 0.1) is 5.82 Å². The Labute approximate surface area is 184 Å². The maximum Gasteiger partial charge on any atom is 0.256 e. The molecule has 1 saturated heterocycles. The van der Waals surface area contributed by atoms with Crippen LogP contribution in [0.2, 0.25) is 0 Å². The summed E-state index contributed by atoms with van der Waals surface area (Å²) >= 11 is 0. The lowest BCUT2D eigenvalue weighted by Gasteiger charge is -2.29. The molecule has 164 valence electrons. The van der Waals surface area contributed by atoms with Gasteiger partial charge in [0.15, 0.2) is 0 Å². The van der Waals surface area contributed by atoms with Crippen LogP contribution in [0.1, 0.15) is 51.9 Å². The molecule has 1 aromatic carbocycles. The highest BCUT2D eigenvalue weighted by Crippen LogP contribution is 2.31. The molecule has 4 heterocycles. The largest absolute Gasteiger partial charge is 0.328 e. The van der Waals surface area contributed by atoms with Gasteiger partial charge in [0.25, 0.3) is 11.5 Å². The minimum atomic E-state index is -0.253. The number of amides is 1. The first-order valence-corrected chi connectivity index (χ1v) is 10.9. The number of carbonyl (C=O) groups excluding carboxylic acids is 1. The van der Waals surface area contributed by atoms with Gasteiger partial charge in [-0.15, -0.1) is 0 Å². The van der Waals surface area contributed by atoms with E-state index in [4.69, 9.17) is 4.98 Å². The Morgan fingerprint density at radius 1 is 1.19 bits per heavy atom. The lowest BCUT2D eigenvalue weighted by Crippen LogP contribution is -2.38. The second-order valence-corrected chi connectivity index (χ2v) is 8.33. The molecule has 32 heavy (non-hydrogen) atoms. The van der Waals surface area contributed by atoms with Crippen LogP contribution in [0.15, 0.2) is 53.6 Å². The second kappa shape index (κ2) is 8.63. The molecule has 2 aliphatic rings. The highest BCUT2D eigenvalue weighted by atomic mass is 19.1. The fraction of sp³-hybridized carbons (Fsp3) is 0.333. The zero-order chi connectivity index (χ0) is 22.1. The van der Waals surface area contributed by atoms with Gasteiger partial charge >= 0.3 is 0 Å². The summed E-state index contributed by atoms with van der Waals surface area (Å²) in [5.41, 5.74) is 2.37. The van der Waals surface area contributed by atoms with Gasteiger partial charge in [-0.3, -0.25) is 19.5 Å². The van der Waals surface area contributed by atoms with Crippen LogP contribution in [0.25, 0.3) is 0 Å². The predicted molar refractivity (Wildman–Crippen MR) is 116 cm³/mol. The number of aromatic nitrogens is 3. The molecule has 7 nitrogen and oxygen atoms in total. The summed E-state index contributed by atoms with van der Waals surface area (Å²) in [5.74, 6) is 0.211. The van der Waals surface area contributed by atoms with Crippen LogP contribution < -0.4 is 5.56 Å². The summed E-state index contributed by atoms with van der Waals surface area (Å²) in [6.07, 6.45) is 5.42. The van der Waals surface area contributed by atoms with Crippen molar-refractivity contribution < 1.29 is 9.18 Å². The number of hydrogen-bond donors (Lipinski definition) is 1. The zero-order valence-electron chi connectivity index (χ0n) is 17.6. The first-order chi connectivity index (χ1) is 15.6. The number of fused-ring (bicyclic) bond motifs is 1. The molecule has 0 saturated carbocycles. The molecule has 1 amide bonds. The van der Waals surface area contributed by atoms with Crippen molar-refractivity contribution in [2.24, 2.45) is 0 Å². The summed E-state index contributed by atoms with van der Waals surface area (Å²) in [6, 6.07) is 9.95. The van der Waals surface area contributed by atoms with Crippen LogP contribution in [-0.2, 0) is 19.5 Å². The smallest absolute Gasteiger partial charge is 0.256 e. The van der Waals surface area contributed by atoms with Crippen molar-refractivity contribution in [2.75, 3.05) is 13.1 Å². The van der Waals surface area contributed by atoms with Gasteiger partial charge in [-0.25, -0.2) is 9.37 Å². The molecule has 1 N–H and O–H groups in total. The maximum absolute atomic E-state index is 14.0. The second-order valence-electron chi connectivity index (χ2n) is 8.33. The summed E-state index contributed by atoms with van der Waals surface area (Å²) in [7, 11) is 0. The van der Waals surface area contributed by atoms with Crippen molar-refractivity contribution in [1.82, 2.24) is 24.8 Å². The SMILES string of the molecule is O=C(c1cccnc1)N1CCCC1c1nc2c(c(=O)[nH]1)CN(Cc1ccccc1F)CC2. The number of rotatable bonds is 4. The average molecular weight is 433 g/mol. The van der Waals surface area contributed by atoms with Crippen LogP contribution >= 0.6 is 0 Å². The van der Waals surface area contributed by atoms with Gasteiger partial charge in [0.2, 0.25) is 0 Å². The van der Waals surface area contributed by atoms with Crippen molar-refractivity contribution in [2.45, 2.75) is 38.4 Å². The van der Waals surface area contributed by atoms with E-state index >= 15 is 0 Å². The van der Waals surface area contributed by atoms with Crippen molar-refractivity contribution >= 4 is 5.91 Å². The molecular formula is C24H24FN5O2. The number of hydrogen-bond acceptors (Lipinski definition) is 5. The van der Waals surface area contributed by atoms with E-state index in [1.54, 1.807) is 41.6 Å². The van der Waals surface area contributed by atoms with Crippen LogP contribution in [-0.4, -0.2) is 43.7 Å². The third-order valence-corrected chi connectivity index (χ3v) is 6.26. The number of H-pyrrole nitrogens is 1. The highest BCUT2D eigenvalue weighted by molar-refractivity contribution is 5.94. The average Bonchev–Trinajstić information content (AvgIpc) is 3.31. The molecule has 3 aromatic rings. The quantitative estimate of drug-likeness (QED) is 0.684. The lowest BCUT2D eigenvalue weighted by molar-refractivity contribution is 0.0728. The Hall–Kier alpha value is -3.39. The predicted octanol–water partition coefficient (Wildman–Crippen LogP) is 2.84. The van der Waals surface area contributed by atoms with Gasteiger partial charge in [-0.2, -0.15) is 0 Å². The van der Waals surface area contributed by atoms with Gasteiger partial charge in [-0.1, -0.05) is 18.2 Å². The van der Waals surface area contributed by atoms with Crippen molar-refractivity contribution in [3.8, 4) is 0 Å². The number of benzene rings is 1. The third-order valence-electron chi connectivity index (χ3n) is 6.26. The van der Waals surface area contributed by atoms with E-state index in [1.807, 2.05) is 6.07 Å². The van der Waals surface area contributed by atoms with Gasteiger partial charge in [0.05, 0.1) is 22.9 Å². The molecule has 2 aliphatic heterocycles. The number of likely N-dealkylation sites (tertiary alicyclic amines) is 1. The number of nitrogens with zero attached hydrogens (tertiary/aromatic N) is 4. The molecule has 1 atom stereocenters. The van der Waals surface area contributed by atoms with E-state index in [0.29, 0.717) is 55.1 Å². The molecule has 0 bridgehead atoms. The summed E-state index contributed by atoms with van der Waals surface area (Å²) < 4.78 is 14.0. The van der Waals surface area contributed by atoms with Gasteiger partial charge in [0.1, 0.15) is 11.6 Å². The fourth-order valence-corrected chi connectivity index (χ4v) is 4.61. The molecule has 1 unspecified atom stereocenters. The van der Waals surface area contributed by atoms with E-state index < -0.39 is 0 Å². The van der Waals surface area contributed by atoms with Crippen LogP contribution in [0.5, 0.6) is 0 Å². The number of carbonyl (C=O) groups is 1. The Morgan fingerprint density at radius 2 is 2.06 bits per heavy atom. The summed E-state index contributed by atoms with van der Waals surface area (Å²) in [4.78, 5) is 41.5. The number of aromatic amines is 1. The molecule has 2 aromatic heterocycles. The molecule has 0 radical (unpaired) electrons. The van der Waals surface area contributed by atoms with E-state index in [2.05, 4.69) is 14.9 Å². The Balaban J connectivity index is 1.37. The number of nitrogens with one attached hydrogen (secondary N) is 1. The molecule has 1 fully saturated rings. The van der Waals surface area contributed by atoms with Crippen molar-refractivity contribution in [1.29, 1.82) is 0 Å². The van der Waals surface area contributed by atoms with Crippen LogP contribution in [0.4, 0.5) is 4.39 Å². The van der Waals surface area contributed by atoms with Gasteiger partial charge in [-0.05, 0) is 31.0 Å². The minimum Gasteiger partial charge on any atom is -0.328 e. The Morgan fingerprint density at radius 3 is 2.88 bits per heavy atom. The van der Waals surface area contributed by atoms with Crippen molar-refractivity contribution in [3.05, 3.63) is 93.2 Å². The first kappa shape index (κ1) is 20.5. The van der Waals surface area contributed by atoms with E-state index in [-0.39, 0.29) is 23.3 Å². The monoisotopic (exact) mass is 433 g/mol. The summed E-state index contributed by atoms with van der Waals surface area (Å²) in [5, 5.41) is 0. The molecule has 5 rings (SSSR count). The van der Waals surface area contributed by atoms with Gasteiger partial charge in [0, 0.05) is 50.6 Å². The minimum absolute atomic E-state index is 0.1000. The third kappa shape index (κ3) is 3.93. The van der Waals surface area contributed by atoms with Crippen molar-refractivity contribution in [3.63, 3.8) is 0 Å². The first-order valence-electron chi connectivity index (χ1n) is 10.9. The normalized spacial score (nSPS) is 18.5. The van der Waals surface area contributed by atoms with E-state index in [1.165, 1.54) is 6.07 Å². The molecule has 0 aliphatic carbocycles. The molecule has 0 spiro atoms. The lowest BCUT2D eigenvalue weighted by atomic mass is 10.0. The fourth-order valence-electron chi connectivity index (χ4n) is 4.61. The molecule has 8 heteroatoms. The number of halogens is 1. The summed E-state index contributed by atoms with van der Waals surface area (Å²) in [6.45, 7) is 2.19. The van der Waals surface area contributed by atoms with Gasteiger partial charge < -0.3 is 9.88 Å². The van der Waals surface area contributed by atoms with Crippen LogP contribution in [0.3, 0.4) is 0 Å². The van der Waals surface area contributed by atoms with E-state index in [9.17, 15) is 14.0 Å². The Kier molecular flexibility index (Phi) is 5.53.